The molecule has 3 aromatic rings. The fourth-order valence-electron chi connectivity index (χ4n) is 6.68. The molecule has 0 spiro atoms. The van der Waals surface area contributed by atoms with E-state index in [2.05, 4.69) is 0 Å². The van der Waals surface area contributed by atoms with Crippen LogP contribution >= 0.6 is 11.6 Å². The Hall–Kier alpha value is -3.79. The predicted molar refractivity (Wildman–Crippen MR) is 152 cm³/mol. The number of carbonyl (C=O) groups is 3. The zero-order valence-corrected chi connectivity index (χ0v) is 24.1. The Labute approximate surface area is 242 Å². The van der Waals surface area contributed by atoms with Crippen LogP contribution in [-0.4, -0.2) is 52.1 Å². The molecule has 4 atom stereocenters. The van der Waals surface area contributed by atoms with Gasteiger partial charge in [-0.05, 0) is 60.7 Å². The molecular formula is C31H27ClN2O6S. The van der Waals surface area contributed by atoms with Crippen LogP contribution in [0, 0.1) is 32.6 Å². The van der Waals surface area contributed by atoms with Gasteiger partial charge in [-0.15, -0.1) is 0 Å². The van der Waals surface area contributed by atoms with Gasteiger partial charge in [0.15, 0.2) is 5.60 Å². The number of sulfonamides is 1. The SMILES string of the molecule is Cc1cc(C)c(S(=O)(=O)N2C(=O)C3(O)C(c4ccc(Cl)cc4)=CC2C2C(=O)N(Cc4ccccc4)C(=O)C23)c(C)c1. The number of hydrogen-bond acceptors (Lipinski definition) is 6. The van der Waals surface area contributed by atoms with Crippen molar-refractivity contribution in [1.82, 2.24) is 9.21 Å². The standard InChI is InChI=1S/C31H27ClN2O6S/c1-17-13-18(2)27(19(3)14-17)41(39,40)34-24-15-23(21-9-11-22(32)12-10-21)31(38,30(34)37)26-25(24)28(35)33(29(26)36)16-20-7-5-4-6-8-20/h4-15,24-26,38H,16H2,1-3H3. The van der Waals surface area contributed by atoms with E-state index in [4.69, 9.17) is 11.6 Å². The Bertz CT molecular complexity index is 1750. The number of piperidine rings is 1. The Morgan fingerprint density at radius 1 is 0.902 bits per heavy atom. The highest BCUT2D eigenvalue weighted by atomic mass is 35.5. The zero-order chi connectivity index (χ0) is 29.4. The topological polar surface area (TPSA) is 112 Å². The molecule has 8 nitrogen and oxygen atoms in total. The van der Waals surface area contributed by atoms with E-state index in [9.17, 15) is 27.9 Å². The van der Waals surface area contributed by atoms with Gasteiger partial charge in [0.2, 0.25) is 11.8 Å². The Morgan fingerprint density at radius 2 is 1.51 bits per heavy atom. The first-order chi connectivity index (χ1) is 19.4. The van der Waals surface area contributed by atoms with Crippen LogP contribution in [0.3, 0.4) is 0 Å². The summed E-state index contributed by atoms with van der Waals surface area (Å²) in [5.41, 5.74) is 0.267. The molecule has 2 fully saturated rings. The molecule has 0 aromatic heterocycles. The monoisotopic (exact) mass is 590 g/mol. The maximum atomic E-state index is 14.3. The first-order valence-corrected chi connectivity index (χ1v) is 15.0. The number of rotatable bonds is 5. The molecule has 3 aliphatic heterocycles. The summed E-state index contributed by atoms with van der Waals surface area (Å²) in [5, 5.41) is 12.7. The highest BCUT2D eigenvalue weighted by Crippen LogP contribution is 2.55. The first-order valence-electron chi connectivity index (χ1n) is 13.1. The van der Waals surface area contributed by atoms with E-state index in [-0.39, 0.29) is 17.0 Å². The average molecular weight is 591 g/mol. The number of halogens is 1. The maximum Gasteiger partial charge on any atom is 0.274 e. The second-order valence-corrected chi connectivity index (χ2v) is 13.1. The van der Waals surface area contributed by atoms with Gasteiger partial charge in [-0.3, -0.25) is 19.3 Å². The normalized spacial score (nSPS) is 25.5. The minimum atomic E-state index is -4.55. The van der Waals surface area contributed by atoms with Gasteiger partial charge in [-0.25, -0.2) is 12.7 Å². The average Bonchev–Trinajstić information content (AvgIpc) is 3.16. The zero-order valence-electron chi connectivity index (χ0n) is 22.5. The molecule has 1 aliphatic carbocycles. The van der Waals surface area contributed by atoms with Gasteiger partial charge in [0.1, 0.15) is 0 Å². The number of aliphatic hydroxyl groups is 1. The summed E-state index contributed by atoms with van der Waals surface area (Å²) >= 11 is 6.07. The molecule has 210 valence electrons. The van der Waals surface area contributed by atoms with Crippen molar-refractivity contribution in [3.8, 4) is 0 Å². The number of benzene rings is 3. The van der Waals surface area contributed by atoms with E-state index in [1.54, 1.807) is 80.6 Å². The van der Waals surface area contributed by atoms with Crippen molar-refractivity contribution in [3.05, 3.63) is 106 Å². The lowest BCUT2D eigenvalue weighted by Crippen LogP contribution is -2.70. The van der Waals surface area contributed by atoms with Crippen molar-refractivity contribution in [2.24, 2.45) is 11.8 Å². The number of amides is 3. The number of hydrogen-bond donors (Lipinski definition) is 1. The maximum absolute atomic E-state index is 14.3. The minimum absolute atomic E-state index is 0.0662. The molecule has 41 heavy (non-hydrogen) atoms. The van der Waals surface area contributed by atoms with Gasteiger partial charge in [0.05, 0.1) is 29.3 Å². The lowest BCUT2D eigenvalue weighted by atomic mass is 9.62. The van der Waals surface area contributed by atoms with Crippen LogP contribution < -0.4 is 0 Å². The van der Waals surface area contributed by atoms with E-state index >= 15 is 0 Å². The van der Waals surface area contributed by atoms with Crippen LogP contribution in [0.1, 0.15) is 27.8 Å². The quantitative estimate of drug-likeness (QED) is 0.453. The molecule has 0 saturated carbocycles. The molecular weight excluding hydrogens is 564 g/mol. The fraction of sp³-hybridized carbons (Fsp3) is 0.258. The van der Waals surface area contributed by atoms with E-state index in [1.807, 2.05) is 6.92 Å². The number of carbonyl (C=O) groups excluding carboxylic acids is 3. The summed E-state index contributed by atoms with van der Waals surface area (Å²) < 4.78 is 29.1. The Morgan fingerprint density at radius 3 is 2.12 bits per heavy atom. The third-order valence-corrected chi connectivity index (χ3v) is 10.6. The van der Waals surface area contributed by atoms with Crippen molar-refractivity contribution < 1.29 is 27.9 Å². The fourth-order valence-corrected chi connectivity index (χ4v) is 8.80. The van der Waals surface area contributed by atoms with Crippen molar-refractivity contribution in [2.75, 3.05) is 0 Å². The summed E-state index contributed by atoms with van der Waals surface area (Å²) in [6, 6.07) is 17.3. The highest BCUT2D eigenvalue weighted by molar-refractivity contribution is 7.89. The number of likely N-dealkylation sites (tertiary alicyclic amines) is 1. The summed E-state index contributed by atoms with van der Waals surface area (Å²) in [6.07, 6.45) is 1.44. The Kier molecular flexibility index (Phi) is 6.26. The van der Waals surface area contributed by atoms with Gasteiger partial charge in [0.25, 0.3) is 15.9 Å². The lowest BCUT2D eigenvalue weighted by Gasteiger charge is -2.52. The van der Waals surface area contributed by atoms with E-state index in [1.165, 1.54) is 6.08 Å². The molecule has 4 unspecified atom stereocenters. The third kappa shape index (κ3) is 3.90. The molecule has 3 aromatic carbocycles. The molecule has 2 bridgehead atoms. The summed E-state index contributed by atoms with van der Waals surface area (Å²) in [7, 11) is -4.55. The van der Waals surface area contributed by atoms with Crippen LogP contribution in [0.15, 0.2) is 77.7 Å². The van der Waals surface area contributed by atoms with Crippen molar-refractivity contribution in [3.63, 3.8) is 0 Å². The van der Waals surface area contributed by atoms with E-state index in [0.29, 0.717) is 31.6 Å². The van der Waals surface area contributed by atoms with Crippen molar-refractivity contribution >= 4 is 44.9 Å². The summed E-state index contributed by atoms with van der Waals surface area (Å²) in [4.78, 5) is 43.0. The van der Waals surface area contributed by atoms with Gasteiger partial charge in [0, 0.05) is 5.02 Å². The molecule has 2 saturated heterocycles. The number of nitrogens with zero attached hydrogens (tertiary/aromatic N) is 2. The second kappa shape index (κ2) is 9.37. The third-order valence-electron chi connectivity index (χ3n) is 8.27. The number of imide groups is 1. The molecule has 3 amide bonds. The lowest BCUT2D eigenvalue weighted by molar-refractivity contribution is -0.163. The number of aryl methyl sites for hydroxylation is 3. The molecule has 3 heterocycles. The van der Waals surface area contributed by atoms with Crippen LogP contribution in [0.5, 0.6) is 0 Å². The molecule has 7 rings (SSSR count). The van der Waals surface area contributed by atoms with Gasteiger partial charge in [-0.1, -0.05) is 77.8 Å². The van der Waals surface area contributed by atoms with E-state index < -0.39 is 51.2 Å². The number of fused-ring (bicyclic) bond motifs is 1. The van der Waals surface area contributed by atoms with Crippen molar-refractivity contribution in [1.29, 1.82) is 0 Å². The summed E-state index contributed by atoms with van der Waals surface area (Å²) in [6.45, 7) is 5.04. The van der Waals surface area contributed by atoms with Crippen molar-refractivity contribution in [2.45, 2.75) is 43.9 Å². The Balaban J connectivity index is 1.54. The largest absolute Gasteiger partial charge is 0.375 e. The van der Waals surface area contributed by atoms with Gasteiger partial charge >= 0.3 is 0 Å². The predicted octanol–water partition coefficient (Wildman–Crippen LogP) is 3.79. The highest BCUT2D eigenvalue weighted by Gasteiger charge is 2.73. The van der Waals surface area contributed by atoms with Crippen LogP contribution in [-0.2, 0) is 31.0 Å². The second-order valence-electron chi connectivity index (χ2n) is 10.9. The summed E-state index contributed by atoms with van der Waals surface area (Å²) in [5.74, 6) is -5.28. The van der Waals surface area contributed by atoms with Crippen LogP contribution in [0.2, 0.25) is 5.02 Å². The van der Waals surface area contributed by atoms with E-state index in [0.717, 1.165) is 10.5 Å². The molecule has 4 aliphatic rings. The minimum Gasteiger partial charge on any atom is -0.375 e. The van der Waals surface area contributed by atoms with Crippen LogP contribution in [0.4, 0.5) is 0 Å². The molecule has 1 N–H and O–H groups in total. The van der Waals surface area contributed by atoms with Gasteiger partial charge < -0.3 is 5.11 Å². The molecule has 0 radical (unpaired) electrons. The van der Waals surface area contributed by atoms with Gasteiger partial charge in [-0.2, -0.15) is 0 Å². The smallest absolute Gasteiger partial charge is 0.274 e. The van der Waals surface area contributed by atoms with Crippen LogP contribution in [0.25, 0.3) is 5.57 Å². The first kappa shape index (κ1) is 27.4. The molecule has 10 heteroatoms.